The molecule has 3 aromatic rings. The maximum atomic E-state index is 15.6. The fourth-order valence-electron chi connectivity index (χ4n) is 25.6. The molecule has 15 aliphatic rings. The highest BCUT2D eigenvalue weighted by atomic mass is 16.5. The van der Waals surface area contributed by atoms with Crippen molar-refractivity contribution in [3.8, 4) is 11.8 Å². The van der Waals surface area contributed by atoms with Crippen molar-refractivity contribution in [3.63, 3.8) is 0 Å². The Morgan fingerprint density at radius 1 is 0.767 bits per heavy atom. The summed E-state index contributed by atoms with van der Waals surface area (Å²) in [4.78, 5) is 29.9. The fourth-order valence-corrected chi connectivity index (χ4v) is 25.6. The molecule has 458 valence electrons. The number of hydrogen-bond donors (Lipinski definition) is 6. The van der Waals surface area contributed by atoms with Crippen LogP contribution in [0.3, 0.4) is 0 Å². The van der Waals surface area contributed by atoms with Gasteiger partial charge in [0.2, 0.25) is 0 Å². The molecule has 10 saturated carbocycles. The van der Waals surface area contributed by atoms with Gasteiger partial charge in [0, 0.05) is 51.7 Å². The van der Waals surface area contributed by atoms with E-state index in [-0.39, 0.29) is 54.1 Å². The largest absolute Gasteiger partial charge is 0.454 e. The lowest BCUT2D eigenvalue weighted by molar-refractivity contribution is -0.356. The third kappa shape index (κ3) is 7.96. The quantitative estimate of drug-likeness (QED) is 0.0832. The van der Waals surface area contributed by atoms with E-state index in [9.17, 15) is 20.1 Å². The predicted molar refractivity (Wildman–Crippen MR) is 331 cm³/mol. The van der Waals surface area contributed by atoms with Crippen molar-refractivity contribution in [2.24, 2.45) is 86.8 Å². The smallest absolute Gasteiger partial charge is 0.331 e. The summed E-state index contributed by atoms with van der Waals surface area (Å²) in [5, 5.41) is 73.9. The number of carbonyl (C=O) groups is 2. The summed E-state index contributed by atoms with van der Waals surface area (Å²) in [6.07, 6.45) is 24.8. The second-order valence-corrected chi connectivity index (χ2v) is 32.4. The Hall–Kier alpha value is -4.14. The lowest BCUT2D eigenvalue weighted by atomic mass is 9.33. The molecule has 4 spiro atoms. The number of aryl methyl sites for hydroxylation is 1. The third-order valence-electron chi connectivity index (χ3n) is 29.2. The fraction of sp³-hybridized carbons (Fsp3) is 0.688. The van der Waals surface area contributed by atoms with Crippen molar-refractivity contribution in [1.29, 1.82) is 0 Å². The molecular weight excluding hydrogens is 1070 g/mol. The minimum absolute atomic E-state index is 0.0619. The van der Waals surface area contributed by atoms with E-state index in [1.165, 1.54) is 60.8 Å². The molecule has 18 rings (SSSR count). The van der Waals surface area contributed by atoms with E-state index in [0.29, 0.717) is 81.5 Å². The highest BCUT2D eigenvalue weighted by molar-refractivity contribution is 5.86. The van der Waals surface area contributed by atoms with Gasteiger partial charge in [-0.25, -0.2) is 4.79 Å². The van der Waals surface area contributed by atoms with E-state index in [1.54, 1.807) is 6.08 Å². The van der Waals surface area contributed by atoms with Crippen LogP contribution in [0.15, 0.2) is 78.4 Å². The molecule has 1 heterocycles. The van der Waals surface area contributed by atoms with E-state index in [0.717, 1.165) is 106 Å². The number of nitrogens with one attached hydrogen (secondary N) is 1. The van der Waals surface area contributed by atoms with Gasteiger partial charge in [0.05, 0.1) is 29.3 Å². The van der Waals surface area contributed by atoms with E-state index < -0.39 is 68.4 Å². The van der Waals surface area contributed by atoms with Gasteiger partial charge in [-0.3, -0.25) is 0 Å². The van der Waals surface area contributed by atoms with Crippen LogP contribution in [0.2, 0.25) is 0 Å². The summed E-state index contributed by atoms with van der Waals surface area (Å²) in [6.45, 7) is 2.32. The van der Waals surface area contributed by atoms with Crippen LogP contribution in [0.5, 0.6) is 0 Å². The minimum Gasteiger partial charge on any atom is -0.454 e. The van der Waals surface area contributed by atoms with Gasteiger partial charge in [0.1, 0.15) is 18.0 Å². The summed E-state index contributed by atoms with van der Waals surface area (Å²) in [7, 11) is 1.99. The lowest BCUT2D eigenvalue weighted by Gasteiger charge is -2.74. The van der Waals surface area contributed by atoms with E-state index >= 15 is 15.0 Å². The normalized spacial score (nSPS) is 45.4. The highest BCUT2D eigenvalue weighted by Crippen LogP contribution is 2.80. The number of ether oxygens (including phenoxy) is 1. The zero-order valence-corrected chi connectivity index (χ0v) is 51.6. The molecule has 20 unspecified atom stereocenters. The Bertz CT molecular complexity index is 3290. The van der Waals surface area contributed by atoms with Gasteiger partial charge in [0.25, 0.3) is 0 Å². The molecule has 9 heteroatoms. The van der Waals surface area contributed by atoms with Crippen LogP contribution >= 0.6 is 0 Å². The zero-order valence-electron chi connectivity index (χ0n) is 51.6. The number of likely N-dealkylation sites (N-methyl/N-ethyl adjacent to an activating group) is 1. The molecule has 0 amide bonds. The van der Waals surface area contributed by atoms with Crippen LogP contribution in [0.1, 0.15) is 206 Å². The van der Waals surface area contributed by atoms with Gasteiger partial charge in [-0.05, 0) is 246 Å². The summed E-state index contributed by atoms with van der Waals surface area (Å²) < 4.78 is 6.61. The molecule has 20 atom stereocenters. The zero-order chi connectivity index (χ0) is 58.8. The second-order valence-electron chi connectivity index (χ2n) is 32.4. The van der Waals surface area contributed by atoms with Crippen molar-refractivity contribution < 1.29 is 39.9 Å². The second kappa shape index (κ2) is 20.4. The van der Waals surface area contributed by atoms with Gasteiger partial charge >= 0.3 is 5.97 Å². The molecule has 6 N–H and O–H groups in total. The number of fused-ring (bicyclic) bond motifs is 3. The molecule has 0 saturated heterocycles. The number of aliphatic hydroxyl groups is 5. The maximum absolute atomic E-state index is 15.6. The van der Waals surface area contributed by atoms with Crippen LogP contribution in [0.4, 0.5) is 0 Å². The molecule has 3 aromatic carbocycles. The predicted octanol–water partition coefficient (Wildman–Crippen LogP) is 12.0. The number of benzene rings is 3. The summed E-state index contributed by atoms with van der Waals surface area (Å²) in [5.74, 6) is 7.11. The Labute approximate surface area is 511 Å². The Kier molecular flexibility index (Phi) is 13.6. The first kappa shape index (κ1) is 57.0. The highest BCUT2D eigenvalue weighted by Gasteiger charge is 2.85. The molecule has 0 radical (unpaired) electrons. The van der Waals surface area contributed by atoms with Crippen molar-refractivity contribution >= 4 is 12.3 Å². The van der Waals surface area contributed by atoms with Gasteiger partial charge in [-0.2, -0.15) is 0 Å². The van der Waals surface area contributed by atoms with E-state index in [1.807, 2.05) is 19.2 Å². The Morgan fingerprint density at radius 3 is 2.31 bits per heavy atom. The van der Waals surface area contributed by atoms with Crippen LogP contribution < -0.4 is 5.32 Å². The molecule has 14 aliphatic carbocycles. The number of hydrogen-bond acceptors (Lipinski definition) is 9. The maximum Gasteiger partial charge on any atom is 0.331 e. The molecule has 9 nitrogen and oxygen atoms in total. The number of aliphatic hydroxyl groups excluding tert-OH is 2. The summed E-state index contributed by atoms with van der Waals surface area (Å²) >= 11 is 0. The Morgan fingerprint density at radius 2 is 1.53 bits per heavy atom. The van der Waals surface area contributed by atoms with Crippen LogP contribution in [-0.2, 0) is 45.6 Å². The topological polar surface area (TPSA) is 157 Å². The summed E-state index contributed by atoms with van der Waals surface area (Å²) in [6, 6.07) is 25.1. The number of carbonyl (C=O) groups excluding carboxylic acids is 2. The molecule has 1 aliphatic heterocycles. The first-order valence-corrected chi connectivity index (χ1v) is 34.9. The SMILES string of the molecule is CNC1Cc2c(cccc2CO)C#CC23CCC(Cc4cccc(c4)C4(CCCC4)c4cccc(c4)CCC4CCC5(C4)CC4(C=O)C6CCC7(C2)C2C8=CC(=O)OC8C1CC2CC7(O)C6(O)CC1CC(C(C)C2CCCC2)CCC(C5O)C14O)C3. The molecule has 86 heavy (non-hydrogen) atoms. The van der Waals surface area contributed by atoms with Crippen molar-refractivity contribution in [2.75, 3.05) is 7.05 Å². The number of aldehydes is 1. The number of esters is 1. The lowest BCUT2D eigenvalue weighted by Crippen LogP contribution is -2.82. The summed E-state index contributed by atoms with van der Waals surface area (Å²) in [5.41, 5.74) is 0.507. The van der Waals surface area contributed by atoms with Crippen molar-refractivity contribution in [1.82, 2.24) is 5.32 Å². The number of rotatable bonds is 5. The van der Waals surface area contributed by atoms with Gasteiger partial charge in [-0.1, -0.05) is 118 Å². The first-order chi connectivity index (χ1) is 41.6. The van der Waals surface area contributed by atoms with Gasteiger partial charge < -0.3 is 40.4 Å². The molecule has 15 bridgehead atoms. The first-order valence-electron chi connectivity index (χ1n) is 34.9. The van der Waals surface area contributed by atoms with E-state index in [4.69, 9.17) is 4.74 Å². The minimum atomic E-state index is -1.79. The average molecular weight is 1160 g/mol. The van der Waals surface area contributed by atoms with Gasteiger partial charge in [0.15, 0.2) is 0 Å². The molecular formula is C77H97NO8. The Balaban J connectivity index is 0.917. The van der Waals surface area contributed by atoms with Crippen LogP contribution in [0, 0.1) is 98.6 Å². The van der Waals surface area contributed by atoms with Crippen molar-refractivity contribution in [2.45, 2.75) is 234 Å². The van der Waals surface area contributed by atoms with Gasteiger partial charge in [-0.15, -0.1) is 0 Å². The third-order valence-corrected chi connectivity index (χ3v) is 29.2. The molecule has 10 fully saturated rings. The standard InChI is InChI=1S/C77H97NO8/c1-47(52-12-3-4-13-52)54-20-21-63-69(82)71-30-23-49(40-71)19-18-48-10-7-16-57(33-48)72(26-5-6-27-72)58-17-8-11-50(34-58)32-51-22-28-70(39-51)29-24-53-14-9-15-55(43-79)60(53)37-64(78-2)61-36-56-41-76(84)73(44-70,67(56)62-38-66(81)86-68(61)62)31-25-65-74(45-71,46-80)77(63,85)59(35-54)42-75(65,76)83/h7-11,14-17,33-34,38,46-47,49,51-52,54,56,59,61,63-65,67-69,78-79,82-85H,3-6,12-13,18-23,25-28,30-32,35-37,39-45H2,1-2H3. The van der Waals surface area contributed by atoms with Crippen LogP contribution in [0.25, 0.3) is 0 Å². The van der Waals surface area contributed by atoms with E-state index in [2.05, 4.69) is 78.7 Å². The van der Waals surface area contributed by atoms with Crippen molar-refractivity contribution in [3.05, 3.63) is 117 Å². The van der Waals surface area contributed by atoms with Crippen LogP contribution in [-0.4, -0.2) is 79.9 Å². The average Bonchev–Trinajstić information content (AvgIpc) is 1.22. The monoisotopic (exact) mass is 1160 g/mol. The molecule has 0 aromatic heterocycles.